The minimum absolute atomic E-state index is 0. The van der Waals surface area contributed by atoms with E-state index in [2.05, 4.69) is 31.0 Å². The Kier molecular flexibility index (Phi) is 6.13. The Bertz CT molecular complexity index is 287. The maximum Gasteiger partial charge on any atom is 0.223 e. The Balaban J connectivity index is 0.00000180. The quantitative estimate of drug-likeness (QED) is 0.866. The summed E-state index contributed by atoms with van der Waals surface area (Å²) in [5, 5.41) is 3.45. The fraction of sp³-hybridized carbons (Fsp3) is 0.933. The van der Waals surface area contributed by atoms with E-state index >= 15 is 0 Å². The molecule has 0 aromatic carbocycles. The Labute approximate surface area is 123 Å². The van der Waals surface area contributed by atoms with Gasteiger partial charge in [-0.3, -0.25) is 4.79 Å². The molecular weight excluding hydrogens is 260 g/mol. The van der Waals surface area contributed by atoms with Crippen LogP contribution in [0.2, 0.25) is 0 Å². The fourth-order valence-corrected chi connectivity index (χ4v) is 3.29. The van der Waals surface area contributed by atoms with Gasteiger partial charge in [-0.05, 0) is 44.1 Å². The SMILES string of the molecule is CC(C)(C)CCCC(=O)N1C2CCNCC1CC2.Cl. The molecule has 1 amide bonds. The predicted octanol–water partition coefficient (Wildman–Crippen LogP) is 2.98. The summed E-state index contributed by atoms with van der Waals surface area (Å²) in [7, 11) is 0. The second kappa shape index (κ2) is 6.94. The number of carbonyl (C=O) groups is 1. The van der Waals surface area contributed by atoms with Crippen LogP contribution in [-0.2, 0) is 4.79 Å². The van der Waals surface area contributed by atoms with Crippen LogP contribution in [-0.4, -0.2) is 36.0 Å². The van der Waals surface area contributed by atoms with Crippen LogP contribution in [0.25, 0.3) is 0 Å². The third kappa shape index (κ3) is 4.64. The van der Waals surface area contributed by atoms with Gasteiger partial charge in [-0.2, -0.15) is 0 Å². The van der Waals surface area contributed by atoms with E-state index in [1.54, 1.807) is 0 Å². The molecule has 0 aromatic heterocycles. The van der Waals surface area contributed by atoms with Crippen molar-refractivity contribution in [3.63, 3.8) is 0 Å². The smallest absolute Gasteiger partial charge is 0.223 e. The molecule has 0 spiro atoms. The first kappa shape index (κ1) is 16.8. The third-order valence-electron chi connectivity index (χ3n) is 4.26. The summed E-state index contributed by atoms with van der Waals surface area (Å²) >= 11 is 0. The molecule has 2 saturated heterocycles. The highest BCUT2D eigenvalue weighted by Crippen LogP contribution is 2.29. The third-order valence-corrected chi connectivity index (χ3v) is 4.26. The van der Waals surface area contributed by atoms with Gasteiger partial charge in [0.1, 0.15) is 0 Å². The molecule has 1 N–H and O–H groups in total. The maximum atomic E-state index is 12.4. The standard InChI is InChI=1S/C15H28N2O.ClH/c1-15(2,3)9-4-5-14(18)17-12-6-7-13(17)11-16-10-8-12;/h12-13,16H,4-11H2,1-3H3;1H. The maximum absolute atomic E-state index is 12.4. The summed E-state index contributed by atoms with van der Waals surface area (Å²) in [6.07, 6.45) is 6.47. The normalized spacial score (nSPS) is 26.8. The molecule has 2 unspecified atom stereocenters. The van der Waals surface area contributed by atoms with E-state index < -0.39 is 0 Å². The van der Waals surface area contributed by atoms with Crippen molar-refractivity contribution in [1.29, 1.82) is 0 Å². The molecule has 0 radical (unpaired) electrons. The van der Waals surface area contributed by atoms with Crippen molar-refractivity contribution < 1.29 is 4.79 Å². The Morgan fingerprint density at radius 3 is 2.58 bits per heavy atom. The molecule has 2 rings (SSSR count). The molecule has 0 saturated carbocycles. The van der Waals surface area contributed by atoms with Crippen molar-refractivity contribution in [1.82, 2.24) is 10.2 Å². The highest BCUT2D eigenvalue weighted by Gasteiger charge is 2.37. The average molecular weight is 289 g/mol. The minimum Gasteiger partial charge on any atom is -0.335 e. The van der Waals surface area contributed by atoms with Gasteiger partial charge in [0, 0.05) is 25.0 Å². The molecule has 2 atom stereocenters. The molecular formula is C15H29ClN2O. The molecule has 2 aliphatic heterocycles. The van der Waals surface area contributed by atoms with Crippen molar-refractivity contribution in [3.8, 4) is 0 Å². The number of nitrogens with one attached hydrogen (secondary N) is 1. The minimum atomic E-state index is 0. The molecule has 4 heteroatoms. The van der Waals surface area contributed by atoms with Crippen LogP contribution < -0.4 is 5.32 Å². The summed E-state index contributed by atoms with van der Waals surface area (Å²) in [6.45, 7) is 8.82. The summed E-state index contributed by atoms with van der Waals surface area (Å²) in [5.41, 5.74) is 0.347. The lowest BCUT2D eigenvalue weighted by molar-refractivity contribution is -0.134. The van der Waals surface area contributed by atoms with Gasteiger partial charge in [-0.1, -0.05) is 20.8 Å². The number of rotatable bonds is 3. The van der Waals surface area contributed by atoms with Gasteiger partial charge in [0.25, 0.3) is 0 Å². The highest BCUT2D eigenvalue weighted by molar-refractivity contribution is 5.85. The summed E-state index contributed by atoms with van der Waals surface area (Å²) in [5.74, 6) is 0.399. The van der Waals surface area contributed by atoms with Crippen LogP contribution >= 0.6 is 12.4 Å². The van der Waals surface area contributed by atoms with Crippen LogP contribution in [0.1, 0.15) is 59.3 Å². The first-order chi connectivity index (χ1) is 8.47. The Morgan fingerprint density at radius 2 is 1.89 bits per heavy atom. The van der Waals surface area contributed by atoms with Crippen LogP contribution in [0.4, 0.5) is 0 Å². The van der Waals surface area contributed by atoms with Crippen LogP contribution in [0.15, 0.2) is 0 Å². The number of carbonyl (C=O) groups excluding carboxylic acids is 1. The van der Waals surface area contributed by atoms with Gasteiger partial charge >= 0.3 is 0 Å². The molecule has 3 nitrogen and oxygen atoms in total. The number of hydrogen-bond donors (Lipinski definition) is 1. The topological polar surface area (TPSA) is 32.3 Å². The summed E-state index contributed by atoms with van der Waals surface area (Å²) in [4.78, 5) is 14.6. The number of halogens is 1. The van der Waals surface area contributed by atoms with Crippen molar-refractivity contribution in [2.24, 2.45) is 5.41 Å². The first-order valence-electron chi connectivity index (χ1n) is 7.49. The second-order valence-corrected chi connectivity index (χ2v) is 7.09. The van der Waals surface area contributed by atoms with Gasteiger partial charge in [0.15, 0.2) is 0 Å². The van der Waals surface area contributed by atoms with Gasteiger partial charge in [0.05, 0.1) is 0 Å². The monoisotopic (exact) mass is 288 g/mol. The second-order valence-electron chi connectivity index (χ2n) is 7.09. The zero-order valence-corrected chi connectivity index (χ0v) is 13.4. The molecule has 19 heavy (non-hydrogen) atoms. The molecule has 2 fully saturated rings. The van der Waals surface area contributed by atoms with Crippen LogP contribution in [0.5, 0.6) is 0 Å². The van der Waals surface area contributed by atoms with Crippen LogP contribution in [0, 0.1) is 5.41 Å². The van der Waals surface area contributed by atoms with Crippen molar-refractivity contribution in [2.75, 3.05) is 13.1 Å². The predicted molar refractivity (Wildman–Crippen MR) is 81.7 cm³/mol. The lowest BCUT2D eigenvalue weighted by atomic mass is 9.90. The molecule has 2 bridgehead atoms. The molecule has 112 valence electrons. The van der Waals surface area contributed by atoms with E-state index in [1.165, 1.54) is 12.8 Å². The highest BCUT2D eigenvalue weighted by atomic mass is 35.5. The molecule has 0 aliphatic carbocycles. The van der Waals surface area contributed by atoms with Crippen LogP contribution in [0.3, 0.4) is 0 Å². The molecule has 2 heterocycles. The van der Waals surface area contributed by atoms with Gasteiger partial charge in [-0.25, -0.2) is 0 Å². The lowest BCUT2D eigenvalue weighted by Gasteiger charge is -2.28. The van der Waals surface area contributed by atoms with Crippen molar-refractivity contribution in [2.45, 2.75) is 71.4 Å². The van der Waals surface area contributed by atoms with E-state index in [9.17, 15) is 4.79 Å². The first-order valence-corrected chi connectivity index (χ1v) is 7.49. The zero-order valence-electron chi connectivity index (χ0n) is 12.6. The Hall–Kier alpha value is -0.280. The number of fused-ring (bicyclic) bond motifs is 2. The summed E-state index contributed by atoms with van der Waals surface area (Å²) in [6, 6.07) is 0.992. The van der Waals surface area contributed by atoms with E-state index in [0.29, 0.717) is 23.4 Å². The van der Waals surface area contributed by atoms with E-state index in [-0.39, 0.29) is 12.4 Å². The fourth-order valence-electron chi connectivity index (χ4n) is 3.29. The summed E-state index contributed by atoms with van der Waals surface area (Å²) < 4.78 is 0. The number of hydrogen-bond acceptors (Lipinski definition) is 2. The zero-order chi connectivity index (χ0) is 13.2. The van der Waals surface area contributed by atoms with E-state index in [4.69, 9.17) is 0 Å². The molecule has 0 aromatic rings. The van der Waals surface area contributed by atoms with Gasteiger partial charge in [0.2, 0.25) is 5.91 Å². The van der Waals surface area contributed by atoms with E-state index in [1.807, 2.05) is 0 Å². The average Bonchev–Trinajstić information content (AvgIpc) is 2.50. The van der Waals surface area contributed by atoms with E-state index in [0.717, 1.165) is 38.8 Å². The number of amides is 1. The van der Waals surface area contributed by atoms with Crippen molar-refractivity contribution >= 4 is 18.3 Å². The largest absolute Gasteiger partial charge is 0.335 e. The van der Waals surface area contributed by atoms with Crippen molar-refractivity contribution in [3.05, 3.63) is 0 Å². The van der Waals surface area contributed by atoms with Gasteiger partial charge < -0.3 is 10.2 Å². The number of nitrogens with zero attached hydrogens (tertiary/aromatic N) is 1. The molecule has 2 aliphatic rings. The van der Waals surface area contributed by atoms with Gasteiger partial charge in [-0.15, -0.1) is 12.4 Å². The Morgan fingerprint density at radius 1 is 1.21 bits per heavy atom. The lowest BCUT2D eigenvalue weighted by Crippen LogP contribution is -2.42.